The molecule has 116 valence electrons. The van der Waals surface area contributed by atoms with E-state index in [1.807, 2.05) is 24.3 Å². The number of carbonyl (C=O) groups excluding carboxylic acids is 2. The highest BCUT2D eigenvalue weighted by atomic mass is 35.5. The van der Waals surface area contributed by atoms with Gasteiger partial charge < -0.3 is 12.4 Å². The first-order valence-electron chi connectivity index (χ1n) is 7.16. The van der Waals surface area contributed by atoms with E-state index in [0.717, 1.165) is 0 Å². The van der Waals surface area contributed by atoms with Crippen LogP contribution < -0.4 is 12.4 Å². The molecule has 23 heavy (non-hydrogen) atoms. The lowest BCUT2D eigenvalue weighted by Gasteiger charge is -2.29. The van der Waals surface area contributed by atoms with Crippen molar-refractivity contribution in [2.75, 3.05) is 6.54 Å². The fourth-order valence-electron chi connectivity index (χ4n) is 2.58. The normalized spacial score (nSPS) is 14.8. The Morgan fingerprint density at radius 2 is 1.22 bits per heavy atom. The van der Waals surface area contributed by atoms with Crippen molar-refractivity contribution >= 4 is 11.8 Å². The Hall–Kier alpha value is -2.49. The molecule has 0 saturated heterocycles. The SMILES string of the molecule is O=C(c1ccccc1)[N+]1(C(=O)c2ccccc2)C=CC=CC1.[Cl-]. The van der Waals surface area contributed by atoms with Crippen molar-refractivity contribution in [2.45, 2.75) is 0 Å². The summed E-state index contributed by atoms with van der Waals surface area (Å²) in [4.78, 5) is 26.0. The van der Waals surface area contributed by atoms with Gasteiger partial charge in [-0.15, -0.1) is 0 Å². The van der Waals surface area contributed by atoms with E-state index < -0.39 is 0 Å². The number of quaternary nitrogens is 1. The number of imide groups is 1. The van der Waals surface area contributed by atoms with Gasteiger partial charge in [0.15, 0.2) is 0 Å². The molecule has 1 aliphatic rings. The Balaban J connectivity index is 0.00000192. The second kappa shape index (κ2) is 7.18. The third-order valence-electron chi connectivity index (χ3n) is 3.75. The third-order valence-corrected chi connectivity index (χ3v) is 3.75. The van der Waals surface area contributed by atoms with Crippen LogP contribution in [-0.2, 0) is 0 Å². The van der Waals surface area contributed by atoms with Gasteiger partial charge in [-0.1, -0.05) is 42.5 Å². The molecular weight excluding hydrogens is 310 g/mol. The summed E-state index contributed by atoms with van der Waals surface area (Å²) in [5, 5.41) is 0. The summed E-state index contributed by atoms with van der Waals surface area (Å²) in [6, 6.07) is 17.9. The predicted octanol–water partition coefficient (Wildman–Crippen LogP) is 0.571. The average molecular weight is 326 g/mol. The van der Waals surface area contributed by atoms with E-state index in [4.69, 9.17) is 0 Å². The van der Waals surface area contributed by atoms with Crippen LogP contribution in [0.1, 0.15) is 20.7 Å². The summed E-state index contributed by atoms with van der Waals surface area (Å²) >= 11 is 0. The van der Waals surface area contributed by atoms with Crippen LogP contribution in [0.2, 0.25) is 0 Å². The molecule has 1 aliphatic heterocycles. The second-order valence-corrected chi connectivity index (χ2v) is 5.16. The Morgan fingerprint density at radius 1 is 0.739 bits per heavy atom. The number of hydrogen-bond donors (Lipinski definition) is 0. The molecule has 4 heteroatoms. The van der Waals surface area contributed by atoms with Crippen LogP contribution in [0.15, 0.2) is 85.1 Å². The van der Waals surface area contributed by atoms with Gasteiger partial charge in [0.05, 0.1) is 11.1 Å². The molecule has 0 bridgehead atoms. The van der Waals surface area contributed by atoms with Gasteiger partial charge in [-0.05, 0) is 36.4 Å². The molecule has 0 spiro atoms. The minimum Gasteiger partial charge on any atom is -1.00 e. The Labute approximate surface area is 141 Å². The molecule has 2 aromatic rings. The molecule has 0 aliphatic carbocycles. The lowest BCUT2D eigenvalue weighted by molar-refractivity contribution is -0.703. The van der Waals surface area contributed by atoms with Gasteiger partial charge in [-0.3, -0.25) is 0 Å². The van der Waals surface area contributed by atoms with Gasteiger partial charge in [-0.2, -0.15) is 4.48 Å². The number of hydrogen-bond acceptors (Lipinski definition) is 2. The zero-order chi connectivity index (χ0) is 15.4. The number of benzene rings is 2. The van der Waals surface area contributed by atoms with Gasteiger partial charge >= 0.3 is 11.8 Å². The summed E-state index contributed by atoms with van der Waals surface area (Å²) in [5.41, 5.74) is 1.07. The maximum absolute atomic E-state index is 13.0. The van der Waals surface area contributed by atoms with E-state index in [-0.39, 0.29) is 28.7 Å². The molecule has 0 N–H and O–H groups in total. The summed E-state index contributed by atoms with van der Waals surface area (Å²) < 4.78 is -0.343. The molecule has 3 rings (SSSR count). The maximum Gasteiger partial charge on any atom is 0.358 e. The quantitative estimate of drug-likeness (QED) is 0.598. The van der Waals surface area contributed by atoms with Crippen molar-refractivity contribution in [1.29, 1.82) is 0 Å². The number of halogens is 1. The Morgan fingerprint density at radius 3 is 1.61 bits per heavy atom. The van der Waals surface area contributed by atoms with Crippen LogP contribution in [-0.4, -0.2) is 22.8 Å². The first-order chi connectivity index (χ1) is 10.7. The van der Waals surface area contributed by atoms with Crippen molar-refractivity contribution < 1.29 is 26.5 Å². The second-order valence-electron chi connectivity index (χ2n) is 5.16. The topological polar surface area (TPSA) is 34.1 Å². The molecule has 2 aromatic carbocycles. The van der Waals surface area contributed by atoms with Crippen LogP contribution in [0.5, 0.6) is 0 Å². The average Bonchev–Trinajstić information content (AvgIpc) is 2.62. The fourth-order valence-corrected chi connectivity index (χ4v) is 2.58. The Kier molecular flexibility index (Phi) is 5.27. The molecule has 0 unspecified atom stereocenters. The van der Waals surface area contributed by atoms with Gasteiger partial charge in [0.25, 0.3) is 0 Å². The predicted molar refractivity (Wildman–Crippen MR) is 85.0 cm³/mol. The summed E-state index contributed by atoms with van der Waals surface area (Å²) in [7, 11) is 0. The first kappa shape index (κ1) is 16.9. The molecular formula is C19H16ClNO2. The van der Waals surface area contributed by atoms with Gasteiger partial charge in [0.1, 0.15) is 12.7 Å². The maximum atomic E-state index is 13.0. The zero-order valence-electron chi connectivity index (χ0n) is 12.4. The molecule has 0 atom stereocenters. The molecule has 2 amide bonds. The largest absolute Gasteiger partial charge is 1.00 e. The van der Waals surface area contributed by atoms with Gasteiger partial charge in [0, 0.05) is 0 Å². The van der Waals surface area contributed by atoms with Crippen LogP contribution in [0.4, 0.5) is 0 Å². The number of carbonyl (C=O) groups is 2. The first-order valence-corrected chi connectivity index (χ1v) is 7.16. The number of amides is 2. The highest BCUT2D eigenvalue weighted by Crippen LogP contribution is 2.23. The van der Waals surface area contributed by atoms with Crippen LogP contribution in [0.25, 0.3) is 0 Å². The smallest absolute Gasteiger partial charge is 0.358 e. The van der Waals surface area contributed by atoms with E-state index >= 15 is 0 Å². The van der Waals surface area contributed by atoms with E-state index in [1.54, 1.807) is 60.8 Å². The van der Waals surface area contributed by atoms with Crippen LogP contribution >= 0.6 is 0 Å². The highest BCUT2D eigenvalue weighted by molar-refractivity contribution is 6.02. The summed E-state index contributed by atoms with van der Waals surface area (Å²) in [6.45, 7) is 0.331. The minimum atomic E-state index is -0.343. The molecule has 0 aromatic heterocycles. The fraction of sp³-hybridized carbons (Fsp3) is 0.0526. The van der Waals surface area contributed by atoms with E-state index in [0.29, 0.717) is 17.7 Å². The van der Waals surface area contributed by atoms with Crippen LogP contribution in [0.3, 0.4) is 0 Å². The van der Waals surface area contributed by atoms with Crippen molar-refractivity contribution in [3.05, 3.63) is 96.2 Å². The monoisotopic (exact) mass is 325 g/mol. The van der Waals surface area contributed by atoms with Crippen molar-refractivity contribution in [3.8, 4) is 0 Å². The molecule has 1 heterocycles. The molecule has 0 fully saturated rings. The lowest BCUT2D eigenvalue weighted by Crippen LogP contribution is -3.00. The van der Waals surface area contributed by atoms with Crippen LogP contribution in [0, 0.1) is 0 Å². The van der Waals surface area contributed by atoms with E-state index in [1.165, 1.54) is 0 Å². The Bertz CT molecular complexity index is 700. The standard InChI is InChI=1S/C19H16NO2.ClH/c21-18(16-10-4-1-5-11-16)20(14-8-3-9-15-20)19(22)17-12-6-2-7-13-17;/h1-14H,15H2;1H/q+1;/p-1. The van der Waals surface area contributed by atoms with E-state index in [9.17, 15) is 9.59 Å². The lowest BCUT2D eigenvalue weighted by atomic mass is 10.1. The molecule has 0 saturated carbocycles. The molecule has 0 radical (unpaired) electrons. The van der Waals surface area contributed by atoms with Gasteiger partial charge in [-0.25, -0.2) is 9.59 Å². The van der Waals surface area contributed by atoms with Crippen molar-refractivity contribution in [1.82, 2.24) is 0 Å². The number of rotatable bonds is 2. The third kappa shape index (κ3) is 3.16. The van der Waals surface area contributed by atoms with Crippen molar-refractivity contribution in [2.24, 2.45) is 0 Å². The molecule has 3 nitrogen and oxygen atoms in total. The summed E-state index contributed by atoms with van der Waals surface area (Å²) in [6.07, 6.45) is 7.13. The number of nitrogens with zero attached hydrogens (tertiary/aromatic N) is 1. The summed E-state index contributed by atoms with van der Waals surface area (Å²) in [5.74, 6) is -0.426. The number of allylic oxidation sites excluding steroid dienone is 2. The van der Waals surface area contributed by atoms with Crippen molar-refractivity contribution in [3.63, 3.8) is 0 Å². The van der Waals surface area contributed by atoms with Gasteiger partial charge in [0.2, 0.25) is 0 Å². The van der Waals surface area contributed by atoms with E-state index in [2.05, 4.69) is 0 Å². The highest BCUT2D eigenvalue weighted by Gasteiger charge is 2.44. The minimum absolute atomic E-state index is 0. The zero-order valence-corrected chi connectivity index (χ0v) is 13.2.